The van der Waals surface area contributed by atoms with Crippen molar-refractivity contribution in [2.24, 2.45) is 0 Å². The van der Waals surface area contributed by atoms with Crippen molar-refractivity contribution in [3.63, 3.8) is 0 Å². The summed E-state index contributed by atoms with van der Waals surface area (Å²) < 4.78 is 0. The van der Waals surface area contributed by atoms with Gasteiger partial charge in [0.2, 0.25) is 5.78 Å². The predicted octanol–water partition coefficient (Wildman–Crippen LogP) is 1.19. The third-order valence-corrected chi connectivity index (χ3v) is 2.24. The number of carbonyl (C=O) groups is 3. The smallest absolute Gasteiger partial charge is 0.265 e. The Morgan fingerprint density at radius 3 is 2.62 bits per heavy atom. The van der Waals surface area contributed by atoms with Gasteiger partial charge < -0.3 is 0 Å². The number of carbonyl (C=O) groups excluding carboxylic acids is 3. The summed E-state index contributed by atoms with van der Waals surface area (Å²) in [7, 11) is 0. The van der Waals surface area contributed by atoms with Crippen molar-refractivity contribution in [3.8, 4) is 0 Å². The van der Waals surface area contributed by atoms with Crippen LogP contribution in [0.5, 0.6) is 0 Å². The van der Waals surface area contributed by atoms with E-state index in [4.69, 9.17) is 0 Å². The Balaban J connectivity index is 2.65. The van der Waals surface area contributed by atoms with Crippen LogP contribution in [0.3, 0.4) is 0 Å². The van der Waals surface area contributed by atoms with Gasteiger partial charge in [0, 0.05) is 17.8 Å². The van der Waals surface area contributed by atoms with Gasteiger partial charge in [-0.05, 0) is 5.39 Å². The fourth-order valence-corrected chi connectivity index (χ4v) is 1.48. The van der Waals surface area contributed by atoms with E-state index >= 15 is 0 Å². The van der Waals surface area contributed by atoms with Crippen molar-refractivity contribution < 1.29 is 14.4 Å². The molecule has 0 unspecified atom stereocenters. The lowest BCUT2D eigenvalue weighted by Crippen LogP contribution is -2.15. The van der Waals surface area contributed by atoms with E-state index in [2.05, 4.69) is 4.98 Å². The number of pyridine rings is 1. The normalized spacial score (nSPS) is 10.0. The van der Waals surface area contributed by atoms with Gasteiger partial charge in [-0.1, -0.05) is 24.3 Å². The Morgan fingerprint density at radius 2 is 1.88 bits per heavy atom. The van der Waals surface area contributed by atoms with Gasteiger partial charge in [0.15, 0.2) is 6.29 Å². The number of aldehydes is 1. The number of benzene rings is 1. The molecule has 0 saturated heterocycles. The summed E-state index contributed by atoms with van der Waals surface area (Å²) in [5.74, 6) is -1.88. The first-order valence-corrected chi connectivity index (χ1v) is 4.60. The van der Waals surface area contributed by atoms with Crippen LogP contribution >= 0.6 is 0 Å². The molecule has 1 aromatic carbocycles. The molecule has 4 heteroatoms. The van der Waals surface area contributed by atoms with Crippen LogP contribution in [0.25, 0.3) is 10.8 Å². The minimum atomic E-state index is -1.06. The van der Waals surface area contributed by atoms with E-state index < -0.39 is 11.6 Å². The number of fused-ring (bicyclic) bond motifs is 1. The highest BCUT2D eigenvalue weighted by molar-refractivity contribution is 6.62. The lowest BCUT2D eigenvalue weighted by molar-refractivity contribution is -0.126. The quantitative estimate of drug-likeness (QED) is 0.332. The number of hydrogen-bond donors (Lipinski definition) is 0. The Morgan fingerprint density at radius 1 is 1.12 bits per heavy atom. The fraction of sp³-hybridized carbons (Fsp3) is 0. The van der Waals surface area contributed by atoms with E-state index in [0.717, 1.165) is 5.39 Å². The third-order valence-electron chi connectivity index (χ3n) is 2.24. The predicted molar refractivity (Wildman–Crippen MR) is 57.1 cm³/mol. The van der Waals surface area contributed by atoms with E-state index in [9.17, 15) is 14.4 Å². The van der Waals surface area contributed by atoms with Crippen molar-refractivity contribution in [2.45, 2.75) is 0 Å². The first-order chi connectivity index (χ1) is 7.74. The molecule has 0 saturated carbocycles. The fourth-order valence-electron chi connectivity index (χ4n) is 1.48. The van der Waals surface area contributed by atoms with Gasteiger partial charge in [-0.3, -0.25) is 19.4 Å². The summed E-state index contributed by atoms with van der Waals surface area (Å²) >= 11 is 0. The molecule has 0 atom stereocenters. The number of rotatable bonds is 3. The van der Waals surface area contributed by atoms with Gasteiger partial charge in [-0.15, -0.1) is 0 Å². The van der Waals surface area contributed by atoms with Gasteiger partial charge in [0.25, 0.3) is 5.78 Å². The van der Waals surface area contributed by atoms with E-state index in [1.165, 1.54) is 6.20 Å². The van der Waals surface area contributed by atoms with E-state index in [-0.39, 0.29) is 11.8 Å². The number of ketones is 2. The second-order valence-corrected chi connectivity index (χ2v) is 3.22. The molecular formula is C12H7NO3. The Bertz CT molecular complexity index is 584. The van der Waals surface area contributed by atoms with Gasteiger partial charge >= 0.3 is 0 Å². The number of hydrogen-bond acceptors (Lipinski definition) is 4. The molecule has 0 radical (unpaired) electrons. The van der Waals surface area contributed by atoms with E-state index in [1.54, 1.807) is 30.5 Å². The minimum absolute atomic E-state index is 0.0180. The maximum absolute atomic E-state index is 11.6. The second kappa shape index (κ2) is 4.02. The summed E-state index contributed by atoms with van der Waals surface area (Å²) in [6, 6.07) is 7.05. The molecule has 1 heterocycles. The molecule has 4 nitrogen and oxygen atoms in total. The first kappa shape index (κ1) is 10.2. The molecule has 0 spiro atoms. The highest BCUT2D eigenvalue weighted by Gasteiger charge is 2.17. The first-order valence-electron chi connectivity index (χ1n) is 4.60. The molecule has 0 amide bonds. The molecule has 1 aromatic heterocycles. The summed E-state index contributed by atoms with van der Waals surface area (Å²) in [6.45, 7) is 0. The molecule has 16 heavy (non-hydrogen) atoms. The Hall–Kier alpha value is -2.36. The van der Waals surface area contributed by atoms with Crippen molar-refractivity contribution in [2.75, 3.05) is 0 Å². The van der Waals surface area contributed by atoms with Crippen LogP contribution in [0, 0.1) is 0 Å². The van der Waals surface area contributed by atoms with Crippen LogP contribution < -0.4 is 0 Å². The monoisotopic (exact) mass is 213 g/mol. The van der Waals surface area contributed by atoms with Crippen LogP contribution in [0.2, 0.25) is 0 Å². The molecular weight excluding hydrogens is 206 g/mol. The van der Waals surface area contributed by atoms with Crippen LogP contribution in [-0.4, -0.2) is 22.8 Å². The highest BCUT2D eigenvalue weighted by Crippen LogP contribution is 2.17. The molecule has 0 aliphatic heterocycles. The molecule has 0 aliphatic carbocycles. The molecule has 0 N–H and O–H groups in total. The second-order valence-electron chi connectivity index (χ2n) is 3.22. The van der Waals surface area contributed by atoms with Gasteiger partial charge in [-0.25, -0.2) is 0 Å². The zero-order valence-electron chi connectivity index (χ0n) is 8.21. The maximum Gasteiger partial charge on any atom is 0.265 e. The zero-order chi connectivity index (χ0) is 11.5. The van der Waals surface area contributed by atoms with E-state index in [0.29, 0.717) is 5.39 Å². The van der Waals surface area contributed by atoms with Crippen molar-refractivity contribution in [1.29, 1.82) is 0 Å². The standard InChI is InChI=1S/C12H7NO3/c14-7-11(15)12(16)10-6-13-5-8-3-1-2-4-9(8)10/h1-7H. The average Bonchev–Trinajstić information content (AvgIpc) is 2.36. The van der Waals surface area contributed by atoms with Crippen LogP contribution in [0.15, 0.2) is 36.7 Å². The van der Waals surface area contributed by atoms with Gasteiger partial charge in [0.05, 0.1) is 5.56 Å². The van der Waals surface area contributed by atoms with Crippen LogP contribution in [-0.2, 0) is 9.59 Å². The summed E-state index contributed by atoms with van der Waals surface area (Å²) in [5.41, 5.74) is 0.162. The topological polar surface area (TPSA) is 64.1 Å². The van der Waals surface area contributed by atoms with Crippen molar-refractivity contribution >= 4 is 28.6 Å². The SMILES string of the molecule is O=CC(=O)C(=O)c1cncc2ccccc12. The summed E-state index contributed by atoms with van der Waals surface area (Å²) in [6.07, 6.45) is 2.91. The zero-order valence-corrected chi connectivity index (χ0v) is 8.21. The number of nitrogens with zero attached hydrogens (tertiary/aromatic N) is 1. The van der Waals surface area contributed by atoms with Gasteiger partial charge in [-0.2, -0.15) is 0 Å². The lowest BCUT2D eigenvalue weighted by Gasteiger charge is -2.01. The summed E-state index contributed by atoms with van der Waals surface area (Å²) in [4.78, 5) is 36.7. The van der Waals surface area contributed by atoms with Gasteiger partial charge in [0.1, 0.15) is 0 Å². The number of aromatic nitrogens is 1. The highest BCUT2D eigenvalue weighted by atomic mass is 16.2. The maximum atomic E-state index is 11.6. The Labute approximate surface area is 90.9 Å². The molecule has 0 aliphatic rings. The summed E-state index contributed by atoms with van der Waals surface area (Å²) in [5, 5.41) is 1.38. The van der Waals surface area contributed by atoms with Crippen molar-refractivity contribution in [1.82, 2.24) is 4.98 Å². The molecule has 78 valence electrons. The molecule has 2 aromatic rings. The molecule has 0 bridgehead atoms. The molecule has 0 fully saturated rings. The lowest BCUT2D eigenvalue weighted by atomic mass is 10.0. The molecule has 2 rings (SSSR count). The van der Waals surface area contributed by atoms with E-state index in [1.807, 2.05) is 0 Å². The van der Waals surface area contributed by atoms with Crippen molar-refractivity contribution in [3.05, 3.63) is 42.2 Å². The third kappa shape index (κ3) is 1.61. The number of Topliss-reactive ketones (excluding diaryl/α,β-unsaturated/α-hetero) is 2. The largest absolute Gasteiger partial charge is 0.294 e. The van der Waals surface area contributed by atoms with Crippen LogP contribution in [0.4, 0.5) is 0 Å². The van der Waals surface area contributed by atoms with Crippen LogP contribution in [0.1, 0.15) is 10.4 Å². The minimum Gasteiger partial charge on any atom is -0.294 e. The Kier molecular flexibility index (Phi) is 2.55. The average molecular weight is 213 g/mol.